The fourth-order valence-corrected chi connectivity index (χ4v) is 3.29. The SMILES string of the molecule is CCC(=O)N1CCC[C@H](Cc2cc(Nc3ncccc3C)ncn2)C1. The highest BCUT2D eigenvalue weighted by Gasteiger charge is 2.23. The van der Waals surface area contributed by atoms with Crippen molar-refractivity contribution in [3.05, 3.63) is 42.0 Å². The fourth-order valence-electron chi connectivity index (χ4n) is 3.29. The van der Waals surface area contributed by atoms with Gasteiger partial charge in [0.1, 0.15) is 18.0 Å². The van der Waals surface area contributed by atoms with E-state index < -0.39 is 0 Å². The number of hydrogen-bond donors (Lipinski definition) is 1. The van der Waals surface area contributed by atoms with Crippen LogP contribution in [0.1, 0.15) is 37.4 Å². The second-order valence-corrected chi connectivity index (χ2v) is 6.59. The van der Waals surface area contributed by atoms with Gasteiger partial charge in [-0.2, -0.15) is 0 Å². The van der Waals surface area contributed by atoms with Crippen molar-refractivity contribution in [3.8, 4) is 0 Å². The number of nitrogens with zero attached hydrogens (tertiary/aromatic N) is 4. The van der Waals surface area contributed by atoms with Gasteiger partial charge in [-0.15, -0.1) is 0 Å². The number of pyridine rings is 1. The molecule has 0 spiro atoms. The number of amides is 1. The lowest BCUT2D eigenvalue weighted by molar-refractivity contribution is -0.132. The Balaban J connectivity index is 1.65. The van der Waals surface area contributed by atoms with Crippen molar-refractivity contribution in [3.63, 3.8) is 0 Å². The van der Waals surface area contributed by atoms with Gasteiger partial charge >= 0.3 is 0 Å². The monoisotopic (exact) mass is 339 g/mol. The van der Waals surface area contributed by atoms with Crippen molar-refractivity contribution < 1.29 is 4.79 Å². The van der Waals surface area contributed by atoms with Crippen molar-refractivity contribution in [2.45, 2.75) is 39.5 Å². The van der Waals surface area contributed by atoms with E-state index in [0.717, 1.165) is 55.2 Å². The molecule has 0 bridgehead atoms. The molecule has 1 atom stereocenters. The number of aryl methyl sites for hydroxylation is 1. The molecule has 3 heterocycles. The van der Waals surface area contributed by atoms with Crippen molar-refractivity contribution in [2.24, 2.45) is 5.92 Å². The summed E-state index contributed by atoms with van der Waals surface area (Å²) in [5.41, 5.74) is 2.07. The highest BCUT2D eigenvalue weighted by atomic mass is 16.2. The number of nitrogens with one attached hydrogen (secondary N) is 1. The van der Waals surface area contributed by atoms with Crippen LogP contribution in [0.25, 0.3) is 0 Å². The minimum absolute atomic E-state index is 0.250. The van der Waals surface area contributed by atoms with E-state index in [1.807, 2.05) is 36.9 Å². The first-order valence-corrected chi connectivity index (χ1v) is 8.93. The molecular weight excluding hydrogens is 314 g/mol. The summed E-state index contributed by atoms with van der Waals surface area (Å²) in [6.07, 6.45) is 7.01. The second-order valence-electron chi connectivity index (χ2n) is 6.59. The molecule has 1 aliphatic heterocycles. The quantitative estimate of drug-likeness (QED) is 0.906. The van der Waals surface area contributed by atoms with Crippen LogP contribution in [-0.4, -0.2) is 38.8 Å². The number of carbonyl (C=O) groups is 1. The van der Waals surface area contributed by atoms with Crippen LogP contribution in [0.2, 0.25) is 0 Å². The number of hydrogen-bond acceptors (Lipinski definition) is 5. The zero-order chi connectivity index (χ0) is 17.6. The molecule has 0 saturated carbocycles. The summed E-state index contributed by atoms with van der Waals surface area (Å²) in [5, 5.41) is 3.26. The summed E-state index contributed by atoms with van der Waals surface area (Å²) >= 11 is 0. The first-order chi connectivity index (χ1) is 12.2. The maximum Gasteiger partial charge on any atom is 0.222 e. The van der Waals surface area contributed by atoms with Crippen LogP contribution < -0.4 is 5.32 Å². The highest BCUT2D eigenvalue weighted by Crippen LogP contribution is 2.22. The number of rotatable bonds is 5. The summed E-state index contributed by atoms with van der Waals surface area (Å²) < 4.78 is 0. The molecule has 6 nitrogen and oxygen atoms in total. The van der Waals surface area contributed by atoms with Gasteiger partial charge in [0.15, 0.2) is 0 Å². The minimum atomic E-state index is 0.250. The molecule has 1 fully saturated rings. The molecule has 1 amide bonds. The largest absolute Gasteiger partial charge is 0.342 e. The van der Waals surface area contributed by atoms with E-state index in [-0.39, 0.29) is 5.91 Å². The van der Waals surface area contributed by atoms with E-state index in [0.29, 0.717) is 12.3 Å². The lowest BCUT2D eigenvalue weighted by Gasteiger charge is -2.32. The summed E-state index contributed by atoms with van der Waals surface area (Å²) in [6.45, 7) is 5.66. The summed E-state index contributed by atoms with van der Waals surface area (Å²) in [5.74, 6) is 2.28. The van der Waals surface area contributed by atoms with Gasteiger partial charge in [-0.05, 0) is 43.7 Å². The van der Waals surface area contributed by atoms with Gasteiger partial charge in [-0.3, -0.25) is 4.79 Å². The zero-order valence-electron chi connectivity index (χ0n) is 14.9. The van der Waals surface area contributed by atoms with Crippen molar-refractivity contribution in [1.29, 1.82) is 0 Å². The van der Waals surface area contributed by atoms with Gasteiger partial charge in [0.05, 0.1) is 0 Å². The number of piperidine rings is 1. The molecule has 6 heteroatoms. The van der Waals surface area contributed by atoms with E-state index in [1.165, 1.54) is 0 Å². The van der Waals surface area contributed by atoms with E-state index in [4.69, 9.17) is 0 Å². The Morgan fingerprint density at radius 2 is 2.24 bits per heavy atom. The number of carbonyl (C=O) groups excluding carboxylic acids is 1. The van der Waals surface area contributed by atoms with Crippen LogP contribution >= 0.6 is 0 Å². The molecule has 1 aliphatic rings. The van der Waals surface area contributed by atoms with Crippen LogP contribution in [-0.2, 0) is 11.2 Å². The first kappa shape index (κ1) is 17.3. The maximum absolute atomic E-state index is 11.9. The van der Waals surface area contributed by atoms with Gasteiger partial charge in [0.25, 0.3) is 0 Å². The van der Waals surface area contributed by atoms with Crippen LogP contribution in [0.4, 0.5) is 11.6 Å². The van der Waals surface area contributed by atoms with Crippen LogP contribution in [0.15, 0.2) is 30.7 Å². The molecule has 3 rings (SSSR count). The lowest BCUT2D eigenvalue weighted by Crippen LogP contribution is -2.40. The Labute approximate surface area is 148 Å². The van der Waals surface area contributed by atoms with Gasteiger partial charge < -0.3 is 10.2 Å². The predicted octanol–water partition coefficient (Wildman–Crippen LogP) is 3.11. The topological polar surface area (TPSA) is 71.0 Å². The molecule has 132 valence electrons. The molecular formula is C19H25N5O. The fraction of sp³-hybridized carbons (Fsp3) is 0.474. The van der Waals surface area contributed by atoms with Gasteiger partial charge in [0, 0.05) is 37.5 Å². The van der Waals surface area contributed by atoms with E-state index in [2.05, 4.69) is 20.3 Å². The third-order valence-corrected chi connectivity index (χ3v) is 4.65. The third-order valence-electron chi connectivity index (χ3n) is 4.65. The smallest absolute Gasteiger partial charge is 0.222 e. The number of anilines is 2. The zero-order valence-corrected chi connectivity index (χ0v) is 14.9. The summed E-state index contributed by atoms with van der Waals surface area (Å²) in [6, 6.07) is 5.91. The molecule has 2 aromatic heterocycles. The Morgan fingerprint density at radius 1 is 1.36 bits per heavy atom. The average molecular weight is 339 g/mol. The maximum atomic E-state index is 11.9. The Morgan fingerprint density at radius 3 is 3.04 bits per heavy atom. The summed E-state index contributed by atoms with van der Waals surface area (Å²) in [7, 11) is 0. The second kappa shape index (κ2) is 8.05. The Kier molecular flexibility index (Phi) is 5.58. The summed E-state index contributed by atoms with van der Waals surface area (Å²) in [4.78, 5) is 27.0. The lowest BCUT2D eigenvalue weighted by atomic mass is 9.93. The van der Waals surface area contributed by atoms with Crippen LogP contribution in [0.3, 0.4) is 0 Å². The van der Waals surface area contributed by atoms with Crippen LogP contribution in [0, 0.1) is 12.8 Å². The van der Waals surface area contributed by atoms with Gasteiger partial charge in [0.2, 0.25) is 5.91 Å². The average Bonchev–Trinajstić information content (AvgIpc) is 2.63. The number of aromatic nitrogens is 3. The minimum Gasteiger partial charge on any atom is -0.342 e. The van der Waals surface area contributed by atoms with Gasteiger partial charge in [-0.1, -0.05) is 13.0 Å². The van der Waals surface area contributed by atoms with Crippen LogP contribution in [0.5, 0.6) is 0 Å². The molecule has 0 radical (unpaired) electrons. The van der Waals surface area contributed by atoms with E-state index >= 15 is 0 Å². The predicted molar refractivity (Wildman–Crippen MR) is 97.6 cm³/mol. The molecule has 0 unspecified atom stereocenters. The van der Waals surface area contributed by atoms with Crippen molar-refractivity contribution >= 4 is 17.5 Å². The van der Waals surface area contributed by atoms with E-state index in [1.54, 1.807) is 12.5 Å². The van der Waals surface area contributed by atoms with Crippen molar-refractivity contribution in [1.82, 2.24) is 19.9 Å². The Bertz CT molecular complexity index is 733. The standard InChI is InChI=1S/C19H25N5O/c1-3-18(25)24-9-5-7-15(12-24)10-16-11-17(22-13-21-16)23-19-14(2)6-4-8-20-19/h4,6,8,11,13,15H,3,5,7,9-10,12H2,1-2H3,(H,20,21,22,23)/t15-/m1/s1. The third kappa shape index (κ3) is 4.53. The molecule has 0 aliphatic carbocycles. The Hall–Kier alpha value is -2.50. The number of likely N-dealkylation sites (tertiary alicyclic amines) is 1. The first-order valence-electron chi connectivity index (χ1n) is 8.93. The molecule has 1 saturated heterocycles. The van der Waals surface area contributed by atoms with Gasteiger partial charge in [-0.25, -0.2) is 15.0 Å². The van der Waals surface area contributed by atoms with Crippen molar-refractivity contribution in [2.75, 3.05) is 18.4 Å². The molecule has 25 heavy (non-hydrogen) atoms. The molecule has 1 N–H and O–H groups in total. The molecule has 2 aromatic rings. The molecule has 0 aromatic carbocycles. The van der Waals surface area contributed by atoms with E-state index in [9.17, 15) is 4.79 Å². The normalized spacial score (nSPS) is 17.4. The highest BCUT2D eigenvalue weighted by molar-refractivity contribution is 5.75.